The summed E-state index contributed by atoms with van der Waals surface area (Å²) in [5, 5.41) is 12.4. The third-order valence-electron chi connectivity index (χ3n) is 2.69. The molecule has 0 radical (unpaired) electrons. The van der Waals surface area contributed by atoms with E-state index >= 15 is 0 Å². The average molecular weight is 226 g/mol. The van der Waals surface area contributed by atoms with Crippen LogP contribution in [0.15, 0.2) is 47.1 Å². The second-order valence-corrected chi connectivity index (χ2v) is 3.88. The molecule has 2 rings (SSSR count). The summed E-state index contributed by atoms with van der Waals surface area (Å²) in [6, 6.07) is 13.6. The molecule has 3 nitrogen and oxygen atoms in total. The lowest BCUT2D eigenvalue weighted by Gasteiger charge is -2.13. The molecule has 1 aromatic heterocycles. The molecule has 17 heavy (non-hydrogen) atoms. The monoisotopic (exact) mass is 226 g/mol. The van der Waals surface area contributed by atoms with Crippen molar-refractivity contribution in [1.82, 2.24) is 5.32 Å². The van der Waals surface area contributed by atoms with Crippen LogP contribution in [0.1, 0.15) is 22.9 Å². The van der Waals surface area contributed by atoms with Gasteiger partial charge in [-0.25, -0.2) is 0 Å². The Kier molecular flexibility index (Phi) is 3.59. The quantitative estimate of drug-likeness (QED) is 0.872. The Labute approximate surface area is 101 Å². The van der Waals surface area contributed by atoms with Gasteiger partial charge < -0.3 is 4.42 Å². The van der Waals surface area contributed by atoms with Crippen LogP contribution >= 0.6 is 0 Å². The molecule has 1 aromatic carbocycles. The summed E-state index contributed by atoms with van der Waals surface area (Å²) < 4.78 is 5.22. The minimum atomic E-state index is -0.304. The molecule has 0 saturated heterocycles. The first-order valence-electron chi connectivity index (χ1n) is 5.52. The van der Waals surface area contributed by atoms with Crippen molar-refractivity contribution in [3.05, 3.63) is 59.5 Å². The van der Waals surface area contributed by atoms with Crippen molar-refractivity contribution in [2.24, 2.45) is 0 Å². The van der Waals surface area contributed by atoms with Gasteiger partial charge in [0.2, 0.25) is 0 Å². The molecular formula is C14H14N2O. The van der Waals surface area contributed by atoms with Gasteiger partial charge in [0.15, 0.2) is 0 Å². The zero-order valence-corrected chi connectivity index (χ0v) is 9.68. The van der Waals surface area contributed by atoms with E-state index in [4.69, 9.17) is 4.42 Å². The summed E-state index contributed by atoms with van der Waals surface area (Å²) in [5.74, 6) is 0.832. The molecule has 0 amide bonds. The van der Waals surface area contributed by atoms with Gasteiger partial charge in [-0.2, -0.15) is 5.26 Å². The van der Waals surface area contributed by atoms with Crippen LogP contribution in [0.25, 0.3) is 0 Å². The lowest BCUT2D eigenvalue weighted by molar-refractivity contribution is 0.473. The molecular weight excluding hydrogens is 212 g/mol. The van der Waals surface area contributed by atoms with Crippen molar-refractivity contribution >= 4 is 0 Å². The van der Waals surface area contributed by atoms with Crippen molar-refractivity contribution in [3.63, 3.8) is 0 Å². The Morgan fingerprint density at radius 1 is 1.29 bits per heavy atom. The molecule has 86 valence electrons. The Bertz CT molecular complexity index is 511. The van der Waals surface area contributed by atoms with E-state index in [-0.39, 0.29) is 6.04 Å². The minimum absolute atomic E-state index is 0.304. The second kappa shape index (κ2) is 5.33. The highest BCUT2D eigenvalue weighted by Crippen LogP contribution is 2.17. The van der Waals surface area contributed by atoms with Gasteiger partial charge >= 0.3 is 0 Å². The van der Waals surface area contributed by atoms with Gasteiger partial charge in [-0.05, 0) is 30.2 Å². The summed E-state index contributed by atoms with van der Waals surface area (Å²) in [7, 11) is 0. The van der Waals surface area contributed by atoms with Gasteiger partial charge in [0.1, 0.15) is 11.8 Å². The number of hydrogen-bond acceptors (Lipinski definition) is 3. The minimum Gasteiger partial charge on any atom is -0.468 e. The Morgan fingerprint density at radius 2 is 2.12 bits per heavy atom. The van der Waals surface area contributed by atoms with E-state index in [1.54, 1.807) is 6.26 Å². The predicted octanol–water partition coefficient (Wildman–Crippen LogP) is 2.94. The summed E-state index contributed by atoms with van der Waals surface area (Å²) in [5.41, 5.74) is 2.13. The largest absolute Gasteiger partial charge is 0.468 e. The fourth-order valence-electron chi connectivity index (χ4n) is 1.75. The Hall–Kier alpha value is -2.05. The Balaban J connectivity index is 2.08. The highest BCUT2D eigenvalue weighted by atomic mass is 16.3. The second-order valence-electron chi connectivity index (χ2n) is 3.88. The number of benzene rings is 1. The summed E-state index contributed by atoms with van der Waals surface area (Å²) in [6.45, 7) is 2.56. The van der Waals surface area contributed by atoms with E-state index < -0.39 is 0 Å². The van der Waals surface area contributed by atoms with E-state index in [1.807, 2.05) is 43.3 Å². The van der Waals surface area contributed by atoms with Crippen LogP contribution < -0.4 is 5.32 Å². The Morgan fingerprint density at radius 3 is 2.76 bits per heavy atom. The highest BCUT2D eigenvalue weighted by Gasteiger charge is 2.12. The van der Waals surface area contributed by atoms with Crippen molar-refractivity contribution in [1.29, 1.82) is 5.26 Å². The molecule has 0 aliphatic carbocycles. The smallest absolute Gasteiger partial charge is 0.121 e. The topological polar surface area (TPSA) is 49.0 Å². The van der Waals surface area contributed by atoms with Crippen LogP contribution in [0.4, 0.5) is 0 Å². The van der Waals surface area contributed by atoms with Gasteiger partial charge in [0, 0.05) is 0 Å². The first-order chi connectivity index (χ1) is 8.31. The average Bonchev–Trinajstić information content (AvgIpc) is 2.85. The first kappa shape index (κ1) is 11.4. The molecule has 3 heteroatoms. The lowest BCUT2D eigenvalue weighted by atomic mass is 10.0. The predicted molar refractivity (Wildman–Crippen MR) is 65.1 cm³/mol. The summed E-state index contributed by atoms with van der Waals surface area (Å²) >= 11 is 0. The molecule has 0 aliphatic heterocycles. The van der Waals surface area contributed by atoms with Gasteiger partial charge in [0.05, 0.1) is 18.9 Å². The van der Waals surface area contributed by atoms with Gasteiger partial charge in [-0.1, -0.05) is 24.3 Å². The van der Waals surface area contributed by atoms with E-state index in [0.717, 1.165) is 16.9 Å². The van der Waals surface area contributed by atoms with Crippen LogP contribution in [0.5, 0.6) is 0 Å². The standard InChI is InChI=1S/C14H14N2O/c1-11-5-2-3-7-13(11)14(9-15)16-10-12-6-4-8-17-12/h2-8,14,16H,10H2,1H3. The van der Waals surface area contributed by atoms with Crippen LogP contribution in [-0.4, -0.2) is 0 Å². The van der Waals surface area contributed by atoms with E-state index in [2.05, 4.69) is 11.4 Å². The third kappa shape index (κ3) is 2.74. The molecule has 0 aliphatic rings. The number of rotatable bonds is 4. The van der Waals surface area contributed by atoms with Crippen molar-refractivity contribution in [3.8, 4) is 6.07 Å². The molecule has 1 atom stereocenters. The van der Waals surface area contributed by atoms with E-state index in [1.165, 1.54) is 0 Å². The zero-order chi connectivity index (χ0) is 12.1. The molecule has 2 aromatic rings. The SMILES string of the molecule is Cc1ccccc1C(C#N)NCc1ccco1. The molecule has 1 N–H and O–H groups in total. The third-order valence-corrected chi connectivity index (χ3v) is 2.69. The first-order valence-corrected chi connectivity index (χ1v) is 5.52. The van der Waals surface area contributed by atoms with Gasteiger partial charge in [0.25, 0.3) is 0 Å². The number of nitriles is 1. The van der Waals surface area contributed by atoms with Crippen molar-refractivity contribution < 1.29 is 4.42 Å². The van der Waals surface area contributed by atoms with E-state index in [0.29, 0.717) is 6.54 Å². The van der Waals surface area contributed by atoms with Crippen LogP contribution in [0.2, 0.25) is 0 Å². The van der Waals surface area contributed by atoms with Crippen molar-refractivity contribution in [2.45, 2.75) is 19.5 Å². The number of nitrogens with one attached hydrogen (secondary N) is 1. The molecule has 0 saturated carbocycles. The number of hydrogen-bond donors (Lipinski definition) is 1. The molecule has 1 unspecified atom stereocenters. The normalized spacial score (nSPS) is 12.0. The van der Waals surface area contributed by atoms with Crippen LogP contribution in [0, 0.1) is 18.3 Å². The maximum Gasteiger partial charge on any atom is 0.121 e. The molecule has 0 spiro atoms. The maximum atomic E-state index is 9.19. The van der Waals surface area contributed by atoms with Gasteiger partial charge in [-0.15, -0.1) is 0 Å². The number of aryl methyl sites for hydroxylation is 1. The lowest BCUT2D eigenvalue weighted by Crippen LogP contribution is -2.19. The summed E-state index contributed by atoms with van der Waals surface area (Å²) in [6.07, 6.45) is 1.63. The molecule has 0 fully saturated rings. The number of furan rings is 1. The maximum absolute atomic E-state index is 9.19. The zero-order valence-electron chi connectivity index (χ0n) is 9.68. The molecule has 0 bridgehead atoms. The fourth-order valence-corrected chi connectivity index (χ4v) is 1.75. The van der Waals surface area contributed by atoms with Crippen LogP contribution in [0.3, 0.4) is 0 Å². The fraction of sp³-hybridized carbons (Fsp3) is 0.214. The van der Waals surface area contributed by atoms with Gasteiger partial charge in [-0.3, -0.25) is 5.32 Å². The number of nitrogens with zero attached hydrogens (tertiary/aromatic N) is 1. The van der Waals surface area contributed by atoms with E-state index in [9.17, 15) is 5.26 Å². The summed E-state index contributed by atoms with van der Waals surface area (Å²) in [4.78, 5) is 0. The molecule has 1 heterocycles. The highest BCUT2D eigenvalue weighted by molar-refractivity contribution is 5.32. The van der Waals surface area contributed by atoms with Crippen molar-refractivity contribution in [2.75, 3.05) is 0 Å². The van der Waals surface area contributed by atoms with Crippen LogP contribution in [-0.2, 0) is 6.54 Å².